The van der Waals surface area contributed by atoms with Crippen LogP contribution in [0.4, 0.5) is 0 Å². The van der Waals surface area contributed by atoms with Crippen LogP contribution in [-0.2, 0) is 65.4 Å². The van der Waals surface area contributed by atoms with Gasteiger partial charge in [0, 0.05) is 25.7 Å². The second-order valence-corrected chi connectivity index (χ2v) is 29.2. The molecule has 0 aromatic rings. The Morgan fingerprint density at radius 2 is 0.530 bits per heavy atom. The average molecular weight is 1450 g/mol. The summed E-state index contributed by atoms with van der Waals surface area (Å²) in [7, 11) is -9.96. The number of rotatable bonds is 74. The van der Waals surface area contributed by atoms with Gasteiger partial charge in [-0.2, -0.15) is 0 Å². The normalized spacial score (nSPS) is 14.4. The number of carbonyl (C=O) groups excluding carboxylic acids is 4. The summed E-state index contributed by atoms with van der Waals surface area (Å²) in [6, 6.07) is 0. The van der Waals surface area contributed by atoms with Crippen molar-refractivity contribution >= 4 is 39.5 Å². The lowest BCUT2D eigenvalue weighted by Crippen LogP contribution is -2.30. The van der Waals surface area contributed by atoms with Gasteiger partial charge in [0.2, 0.25) is 0 Å². The van der Waals surface area contributed by atoms with Gasteiger partial charge in [-0.3, -0.25) is 37.3 Å². The van der Waals surface area contributed by atoms with Gasteiger partial charge in [-0.25, -0.2) is 9.13 Å². The predicted molar refractivity (Wildman–Crippen MR) is 409 cm³/mol. The van der Waals surface area contributed by atoms with Gasteiger partial charge in [0.25, 0.3) is 0 Å². The molecular formula is C81H142O17P2. The quantitative estimate of drug-likeness (QED) is 0.0169. The highest BCUT2D eigenvalue weighted by Gasteiger charge is 2.30. The number of aliphatic hydroxyl groups excluding tert-OH is 1. The first-order valence-electron chi connectivity index (χ1n) is 39.5. The maximum atomic E-state index is 13.1. The summed E-state index contributed by atoms with van der Waals surface area (Å²) in [4.78, 5) is 72.9. The fourth-order valence-corrected chi connectivity index (χ4v) is 12.2. The molecule has 0 saturated carbocycles. The molecule has 0 saturated heterocycles. The fourth-order valence-electron chi connectivity index (χ4n) is 10.6. The molecule has 0 bridgehead atoms. The molecule has 0 aliphatic carbocycles. The van der Waals surface area contributed by atoms with Crippen LogP contribution in [-0.4, -0.2) is 96.7 Å². The highest BCUT2D eigenvalue weighted by molar-refractivity contribution is 7.47. The van der Waals surface area contributed by atoms with Crippen molar-refractivity contribution in [3.05, 3.63) is 97.2 Å². The molecule has 0 amide bonds. The van der Waals surface area contributed by atoms with E-state index < -0.39 is 97.5 Å². The molecule has 0 aromatic carbocycles. The highest BCUT2D eigenvalue weighted by Crippen LogP contribution is 2.45. The molecule has 578 valence electrons. The molecule has 100 heavy (non-hydrogen) atoms. The number of ether oxygens (including phenoxy) is 4. The maximum absolute atomic E-state index is 13.1. The van der Waals surface area contributed by atoms with Gasteiger partial charge in [0.05, 0.1) is 26.4 Å². The minimum atomic E-state index is -4.98. The monoisotopic (exact) mass is 1450 g/mol. The first-order valence-corrected chi connectivity index (χ1v) is 42.5. The number of allylic oxidation sites excluding steroid dienone is 16. The zero-order chi connectivity index (χ0) is 73.2. The molecule has 0 rings (SSSR count). The number of hydrogen-bond acceptors (Lipinski definition) is 15. The van der Waals surface area contributed by atoms with Crippen LogP contribution in [0.25, 0.3) is 0 Å². The van der Waals surface area contributed by atoms with Crippen molar-refractivity contribution in [3.8, 4) is 0 Å². The summed E-state index contributed by atoms with van der Waals surface area (Å²) in [5.74, 6) is -2.24. The number of hydrogen-bond donors (Lipinski definition) is 3. The Kier molecular flexibility index (Phi) is 70.4. The van der Waals surface area contributed by atoms with Crippen LogP contribution in [0.5, 0.6) is 0 Å². The van der Waals surface area contributed by atoms with Crippen LogP contribution < -0.4 is 0 Å². The molecule has 0 fully saturated rings. The molecule has 17 nitrogen and oxygen atoms in total. The molecule has 0 aromatic heterocycles. The van der Waals surface area contributed by atoms with Gasteiger partial charge < -0.3 is 33.8 Å². The average Bonchev–Trinajstić information content (AvgIpc) is 0.965. The molecular weight excluding hydrogens is 1310 g/mol. The minimum Gasteiger partial charge on any atom is -0.462 e. The largest absolute Gasteiger partial charge is 0.472 e. The number of phosphoric ester groups is 2. The Labute approximate surface area is 607 Å². The second-order valence-electron chi connectivity index (χ2n) is 26.3. The van der Waals surface area contributed by atoms with E-state index in [9.17, 15) is 43.2 Å². The van der Waals surface area contributed by atoms with Crippen LogP contribution in [0.3, 0.4) is 0 Å². The Morgan fingerprint density at radius 3 is 0.840 bits per heavy atom. The fraction of sp³-hybridized carbons (Fsp3) is 0.753. The van der Waals surface area contributed by atoms with Gasteiger partial charge >= 0.3 is 39.5 Å². The van der Waals surface area contributed by atoms with Gasteiger partial charge in [0.1, 0.15) is 19.3 Å². The Balaban J connectivity index is 5.38. The van der Waals surface area contributed by atoms with E-state index in [1.807, 2.05) is 12.2 Å². The predicted octanol–water partition coefficient (Wildman–Crippen LogP) is 22.8. The number of unbranched alkanes of at least 4 members (excludes halogenated alkanes) is 32. The lowest BCUT2D eigenvalue weighted by atomic mass is 10.0. The first kappa shape index (κ1) is 96.0. The summed E-state index contributed by atoms with van der Waals surface area (Å²) >= 11 is 0. The van der Waals surface area contributed by atoms with Crippen LogP contribution in [0.2, 0.25) is 0 Å². The number of carbonyl (C=O) groups is 4. The molecule has 0 radical (unpaired) electrons. The Morgan fingerprint density at radius 1 is 0.290 bits per heavy atom. The van der Waals surface area contributed by atoms with E-state index >= 15 is 0 Å². The van der Waals surface area contributed by atoms with Gasteiger partial charge in [-0.05, 0) is 96.3 Å². The number of aliphatic hydroxyl groups is 1. The summed E-state index contributed by atoms with van der Waals surface area (Å²) in [6.45, 7) is 4.61. The Bertz CT molecular complexity index is 2270. The van der Waals surface area contributed by atoms with Gasteiger partial charge in [-0.1, -0.05) is 311 Å². The summed E-state index contributed by atoms with van der Waals surface area (Å²) in [5, 5.41) is 10.6. The van der Waals surface area contributed by atoms with Crippen molar-refractivity contribution < 1.29 is 80.2 Å². The van der Waals surface area contributed by atoms with E-state index in [-0.39, 0.29) is 25.7 Å². The van der Waals surface area contributed by atoms with Crippen LogP contribution in [0.1, 0.15) is 336 Å². The van der Waals surface area contributed by atoms with E-state index in [0.29, 0.717) is 32.1 Å². The zero-order valence-corrected chi connectivity index (χ0v) is 64.9. The molecule has 19 heteroatoms. The first-order chi connectivity index (χ1) is 48.7. The van der Waals surface area contributed by atoms with Crippen molar-refractivity contribution in [2.24, 2.45) is 0 Å². The van der Waals surface area contributed by atoms with Gasteiger partial charge in [-0.15, -0.1) is 0 Å². The van der Waals surface area contributed by atoms with E-state index in [1.54, 1.807) is 0 Å². The lowest BCUT2D eigenvalue weighted by molar-refractivity contribution is -0.161. The molecule has 5 unspecified atom stereocenters. The standard InChI is InChI=1S/C81H142O17P2/c1-5-9-13-17-21-25-29-33-36-37-40-43-46-50-54-58-62-66-79(84)92-71-76(97-80(85)67-63-59-55-51-47-41-32-28-24-20-16-12-8-4)73-95-99(87,88)93-69-75(82)70-94-100(89,90)96-74-77(98-81(86)68-64-60-56-52-48-44-39-35-31-27-23-19-15-11-7-3)72-91-78(83)65-61-57-53-49-45-42-38-34-30-26-22-18-14-10-6-2/h9-10,13-14,21-22,25-26,33-34,36,38,40,43,50,54,75-77,82H,5-8,11-12,15-20,23-24,27-32,35,37,39,41-42,44-49,51-53,55-74H2,1-4H3,(H,87,88)(H,89,90)/b13-9-,14-10-,25-21-,26-22-,36-33-,38-34-,43-40-,54-50-. The molecule has 0 aliphatic heterocycles. The van der Waals surface area contributed by atoms with Crippen molar-refractivity contribution in [1.29, 1.82) is 0 Å². The molecule has 5 atom stereocenters. The van der Waals surface area contributed by atoms with Crippen molar-refractivity contribution in [3.63, 3.8) is 0 Å². The highest BCUT2D eigenvalue weighted by atomic mass is 31.2. The van der Waals surface area contributed by atoms with Crippen molar-refractivity contribution in [2.75, 3.05) is 39.6 Å². The third-order valence-corrected chi connectivity index (χ3v) is 18.5. The van der Waals surface area contributed by atoms with Crippen molar-refractivity contribution in [1.82, 2.24) is 0 Å². The lowest BCUT2D eigenvalue weighted by Gasteiger charge is -2.21. The summed E-state index contributed by atoms with van der Waals surface area (Å²) in [5.41, 5.74) is 0. The SMILES string of the molecule is CC/C=C\C/C=C\C/C=C\C/C=C\C/C=C\CCCC(=O)OCC(COP(=O)(O)OCC(O)COP(=O)(O)OCC(COC(=O)CCCCCCC/C=C\C/C=C\C/C=C\CC)OC(=O)CCCCCCCCCCCCCCCCC)OC(=O)CCCCCCCCCCCCCCC. The van der Waals surface area contributed by atoms with E-state index in [4.69, 9.17) is 37.0 Å². The van der Waals surface area contributed by atoms with Crippen LogP contribution in [0, 0.1) is 0 Å². The molecule has 0 aliphatic rings. The molecule has 0 heterocycles. The van der Waals surface area contributed by atoms with Crippen molar-refractivity contribution in [2.45, 2.75) is 354 Å². The van der Waals surface area contributed by atoms with E-state index in [2.05, 4.69) is 113 Å². The maximum Gasteiger partial charge on any atom is 0.472 e. The number of phosphoric acid groups is 2. The molecule has 3 N–H and O–H groups in total. The van der Waals surface area contributed by atoms with Crippen LogP contribution >= 0.6 is 15.6 Å². The van der Waals surface area contributed by atoms with E-state index in [0.717, 1.165) is 135 Å². The smallest absolute Gasteiger partial charge is 0.462 e. The summed E-state index contributed by atoms with van der Waals surface area (Å²) in [6.07, 6.45) is 76.8. The Hall–Kier alpha value is -4.02. The van der Waals surface area contributed by atoms with Crippen LogP contribution in [0.15, 0.2) is 97.2 Å². The third kappa shape index (κ3) is 72.3. The topological polar surface area (TPSA) is 237 Å². The zero-order valence-electron chi connectivity index (χ0n) is 63.1. The number of esters is 4. The van der Waals surface area contributed by atoms with E-state index in [1.165, 1.54) is 116 Å². The second kappa shape index (κ2) is 73.3. The summed E-state index contributed by atoms with van der Waals surface area (Å²) < 4.78 is 68.5. The third-order valence-electron chi connectivity index (χ3n) is 16.6. The minimum absolute atomic E-state index is 0.0851. The molecule has 0 spiro atoms. The van der Waals surface area contributed by atoms with Gasteiger partial charge in [0.15, 0.2) is 12.2 Å².